The van der Waals surface area contributed by atoms with Crippen LogP contribution in [0.5, 0.6) is 0 Å². The molecule has 2 aromatic rings. The molecule has 2 heterocycles. The molecule has 23 heavy (non-hydrogen) atoms. The molecule has 0 saturated carbocycles. The summed E-state index contributed by atoms with van der Waals surface area (Å²) in [5.74, 6) is 0. The Bertz CT molecular complexity index is 519. The van der Waals surface area contributed by atoms with Gasteiger partial charge in [-0.3, -0.25) is 9.97 Å². The van der Waals surface area contributed by atoms with Gasteiger partial charge in [0.2, 0.25) is 0 Å². The summed E-state index contributed by atoms with van der Waals surface area (Å²) in [4.78, 5) is 8.19. The summed E-state index contributed by atoms with van der Waals surface area (Å²) >= 11 is 0. The molecule has 124 valence electrons. The number of nitrogens with zero attached hydrogens (tertiary/aromatic N) is 2. The molecule has 2 rings (SSSR count). The molecule has 2 aromatic heterocycles. The third-order valence-corrected chi connectivity index (χ3v) is 3.46. The summed E-state index contributed by atoms with van der Waals surface area (Å²) < 4.78 is 5.33. The lowest BCUT2D eigenvalue weighted by Gasteiger charge is -2.21. The molecule has 7 heteroatoms. The van der Waals surface area contributed by atoms with Gasteiger partial charge in [-0.2, -0.15) is 0 Å². The Morgan fingerprint density at radius 3 is 1.61 bits per heavy atom. The van der Waals surface area contributed by atoms with Gasteiger partial charge in [0.1, 0.15) is 0 Å². The van der Waals surface area contributed by atoms with Crippen LogP contribution in [0.15, 0.2) is 48.8 Å². The zero-order valence-corrected chi connectivity index (χ0v) is 12.7. The van der Waals surface area contributed by atoms with Crippen LogP contribution in [0, 0.1) is 0 Å². The first-order valence-corrected chi connectivity index (χ1v) is 7.36. The highest BCUT2D eigenvalue weighted by molar-refractivity contribution is 5.10. The van der Waals surface area contributed by atoms with Gasteiger partial charge in [-0.05, 0) is 24.3 Å². The van der Waals surface area contributed by atoms with Crippen LogP contribution in [0.1, 0.15) is 23.5 Å². The zero-order valence-electron chi connectivity index (χ0n) is 12.7. The van der Waals surface area contributed by atoms with Crippen molar-refractivity contribution in [3.8, 4) is 0 Å². The SMILES string of the molecule is NC(c1ccccn1)C(O)COCC(O)C(N)c1ccccn1. The van der Waals surface area contributed by atoms with Crippen LogP contribution in [0.3, 0.4) is 0 Å². The van der Waals surface area contributed by atoms with Gasteiger partial charge >= 0.3 is 0 Å². The molecule has 0 radical (unpaired) electrons. The summed E-state index contributed by atoms with van der Waals surface area (Å²) in [5, 5.41) is 20.0. The minimum absolute atomic E-state index is 0.0241. The maximum Gasteiger partial charge on any atom is 0.0981 e. The largest absolute Gasteiger partial charge is 0.389 e. The second-order valence-corrected chi connectivity index (χ2v) is 5.23. The number of aliphatic hydroxyl groups is 2. The normalized spacial score (nSPS) is 16.5. The highest BCUT2D eigenvalue weighted by atomic mass is 16.5. The molecule has 0 amide bonds. The smallest absolute Gasteiger partial charge is 0.0981 e. The Labute approximate surface area is 134 Å². The van der Waals surface area contributed by atoms with Crippen molar-refractivity contribution in [2.75, 3.05) is 13.2 Å². The number of hydrogen-bond donors (Lipinski definition) is 4. The van der Waals surface area contributed by atoms with Crippen LogP contribution in [0.25, 0.3) is 0 Å². The molecule has 0 aromatic carbocycles. The lowest BCUT2D eigenvalue weighted by atomic mass is 10.1. The van der Waals surface area contributed by atoms with E-state index in [4.69, 9.17) is 16.2 Å². The molecule has 7 nitrogen and oxygen atoms in total. The Balaban J connectivity index is 1.78. The molecule has 0 aliphatic carbocycles. The van der Waals surface area contributed by atoms with Crippen molar-refractivity contribution in [1.82, 2.24) is 9.97 Å². The standard InChI is InChI=1S/C16H22N4O3/c17-15(11-5-1-3-7-19-11)13(21)9-23-10-14(22)16(18)12-6-2-4-8-20-12/h1-8,13-16,21-22H,9-10,17-18H2. The van der Waals surface area contributed by atoms with E-state index in [9.17, 15) is 10.2 Å². The summed E-state index contributed by atoms with van der Waals surface area (Å²) in [7, 11) is 0. The predicted molar refractivity (Wildman–Crippen MR) is 85.2 cm³/mol. The topological polar surface area (TPSA) is 128 Å². The third-order valence-electron chi connectivity index (χ3n) is 3.46. The third kappa shape index (κ3) is 5.05. The average molecular weight is 318 g/mol. The van der Waals surface area contributed by atoms with Crippen LogP contribution >= 0.6 is 0 Å². The van der Waals surface area contributed by atoms with Crippen molar-refractivity contribution >= 4 is 0 Å². The van der Waals surface area contributed by atoms with E-state index < -0.39 is 24.3 Å². The first-order valence-electron chi connectivity index (χ1n) is 7.36. The first kappa shape index (κ1) is 17.5. The van der Waals surface area contributed by atoms with Gasteiger partial charge in [0.05, 0.1) is 48.9 Å². The summed E-state index contributed by atoms with van der Waals surface area (Å²) in [6, 6.07) is 9.30. The van der Waals surface area contributed by atoms with Gasteiger partial charge in [-0.25, -0.2) is 0 Å². The van der Waals surface area contributed by atoms with Crippen LogP contribution in [0.2, 0.25) is 0 Å². The van der Waals surface area contributed by atoms with E-state index in [1.54, 1.807) is 48.8 Å². The number of aromatic nitrogens is 2. The number of hydrogen-bond acceptors (Lipinski definition) is 7. The Morgan fingerprint density at radius 2 is 1.26 bits per heavy atom. The molecule has 4 atom stereocenters. The van der Waals surface area contributed by atoms with Crippen LogP contribution in [-0.2, 0) is 4.74 Å². The fraction of sp³-hybridized carbons (Fsp3) is 0.375. The molecule has 0 fully saturated rings. The Hall–Kier alpha value is -1.90. The monoisotopic (exact) mass is 318 g/mol. The molecule has 0 aliphatic heterocycles. The van der Waals surface area contributed by atoms with Crippen LogP contribution < -0.4 is 11.5 Å². The van der Waals surface area contributed by atoms with Gasteiger partial charge < -0.3 is 26.4 Å². The minimum atomic E-state index is -0.928. The van der Waals surface area contributed by atoms with Gasteiger partial charge in [-0.15, -0.1) is 0 Å². The van der Waals surface area contributed by atoms with Crippen molar-refractivity contribution in [3.05, 3.63) is 60.2 Å². The van der Waals surface area contributed by atoms with Crippen LogP contribution in [0.4, 0.5) is 0 Å². The Kier molecular flexibility index (Phi) is 6.57. The molecule has 0 spiro atoms. The molecule has 0 aliphatic rings. The van der Waals surface area contributed by atoms with Crippen molar-refractivity contribution in [2.45, 2.75) is 24.3 Å². The van der Waals surface area contributed by atoms with E-state index in [1.807, 2.05) is 0 Å². The van der Waals surface area contributed by atoms with Crippen molar-refractivity contribution in [1.29, 1.82) is 0 Å². The second-order valence-electron chi connectivity index (χ2n) is 5.23. The Morgan fingerprint density at radius 1 is 0.826 bits per heavy atom. The number of aliphatic hydroxyl groups excluding tert-OH is 2. The molecular formula is C16H22N4O3. The maximum absolute atomic E-state index is 10.0. The van der Waals surface area contributed by atoms with Crippen LogP contribution in [-0.4, -0.2) is 45.6 Å². The van der Waals surface area contributed by atoms with E-state index in [0.29, 0.717) is 11.4 Å². The molecular weight excluding hydrogens is 296 g/mol. The lowest BCUT2D eigenvalue weighted by molar-refractivity contribution is -0.0226. The van der Waals surface area contributed by atoms with Crippen molar-refractivity contribution in [3.63, 3.8) is 0 Å². The number of ether oxygens (including phenoxy) is 1. The first-order chi connectivity index (χ1) is 11.1. The highest BCUT2D eigenvalue weighted by Crippen LogP contribution is 2.14. The summed E-state index contributed by atoms with van der Waals surface area (Å²) in [6.45, 7) is -0.0481. The summed E-state index contributed by atoms with van der Waals surface area (Å²) in [5.41, 5.74) is 13.0. The summed E-state index contributed by atoms with van der Waals surface area (Å²) in [6.07, 6.45) is 1.36. The lowest BCUT2D eigenvalue weighted by Crippen LogP contribution is -2.35. The second kappa shape index (κ2) is 8.66. The van der Waals surface area contributed by atoms with Gasteiger partial charge in [0.25, 0.3) is 0 Å². The molecule has 6 N–H and O–H groups in total. The maximum atomic E-state index is 10.0. The fourth-order valence-corrected chi connectivity index (χ4v) is 2.06. The van der Waals surface area contributed by atoms with E-state index >= 15 is 0 Å². The molecule has 0 bridgehead atoms. The average Bonchev–Trinajstić information content (AvgIpc) is 2.61. The van der Waals surface area contributed by atoms with Gasteiger partial charge in [0, 0.05) is 12.4 Å². The number of pyridine rings is 2. The quantitative estimate of drug-likeness (QED) is 0.536. The molecule has 4 unspecified atom stereocenters. The van der Waals surface area contributed by atoms with E-state index in [0.717, 1.165) is 0 Å². The van der Waals surface area contributed by atoms with Gasteiger partial charge in [-0.1, -0.05) is 12.1 Å². The fourth-order valence-electron chi connectivity index (χ4n) is 2.06. The minimum Gasteiger partial charge on any atom is -0.389 e. The number of rotatable bonds is 8. The van der Waals surface area contributed by atoms with E-state index in [1.165, 1.54) is 0 Å². The highest BCUT2D eigenvalue weighted by Gasteiger charge is 2.21. The zero-order chi connectivity index (χ0) is 16.7. The van der Waals surface area contributed by atoms with Crippen molar-refractivity contribution < 1.29 is 14.9 Å². The van der Waals surface area contributed by atoms with E-state index in [-0.39, 0.29) is 13.2 Å². The molecule has 0 saturated heterocycles. The predicted octanol–water partition coefficient (Wildman–Crippen LogP) is -0.0852. The van der Waals surface area contributed by atoms with Crippen molar-refractivity contribution in [2.24, 2.45) is 11.5 Å². The van der Waals surface area contributed by atoms with Gasteiger partial charge in [0.15, 0.2) is 0 Å². The number of nitrogens with two attached hydrogens (primary N) is 2. The van der Waals surface area contributed by atoms with E-state index in [2.05, 4.69) is 9.97 Å².